The van der Waals surface area contributed by atoms with Gasteiger partial charge in [0.2, 0.25) is 0 Å². The first-order valence-corrected chi connectivity index (χ1v) is 6.77. The SMILES string of the molecule is CCOC(=O)NCC1(CC(=O)O)CCCCC1.O=[N+]([O-])O. The van der Waals surface area contributed by atoms with Crippen LogP contribution in [0.2, 0.25) is 0 Å². The van der Waals surface area contributed by atoms with Gasteiger partial charge in [-0.15, -0.1) is 10.1 Å². The lowest BCUT2D eigenvalue weighted by Gasteiger charge is -2.36. The summed E-state index contributed by atoms with van der Waals surface area (Å²) in [5, 5.41) is 25.3. The van der Waals surface area contributed by atoms with Crippen molar-refractivity contribution in [2.75, 3.05) is 13.2 Å². The molecule has 0 saturated heterocycles. The maximum atomic E-state index is 11.2. The fraction of sp³-hybridized carbons (Fsp3) is 0.833. The first kappa shape index (κ1) is 18.9. The van der Waals surface area contributed by atoms with Crippen molar-refractivity contribution in [3.05, 3.63) is 10.1 Å². The molecule has 1 aliphatic rings. The zero-order chi connectivity index (χ0) is 16.3. The van der Waals surface area contributed by atoms with Gasteiger partial charge in [-0.1, -0.05) is 19.3 Å². The molecule has 9 nitrogen and oxygen atoms in total. The molecule has 0 aromatic rings. The quantitative estimate of drug-likeness (QED) is 0.519. The highest BCUT2D eigenvalue weighted by Crippen LogP contribution is 2.38. The Labute approximate surface area is 122 Å². The normalized spacial score (nSPS) is 16.0. The van der Waals surface area contributed by atoms with E-state index in [2.05, 4.69) is 5.32 Å². The molecular formula is C12H22N2O7. The molecule has 1 rings (SSSR count). The molecule has 1 aliphatic carbocycles. The van der Waals surface area contributed by atoms with Crippen LogP contribution in [0.1, 0.15) is 45.4 Å². The summed E-state index contributed by atoms with van der Waals surface area (Å²) in [5.74, 6) is -0.794. The van der Waals surface area contributed by atoms with Crippen molar-refractivity contribution < 1.29 is 29.7 Å². The van der Waals surface area contributed by atoms with E-state index in [0.29, 0.717) is 13.2 Å². The number of carboxylic acid groups (broad SMARTS) is 1. The number of carboxylic acids is 1. The van der Waals surface area contributed by atoms with Crippen LogP contribution in [-0.2, 0) is 9.53 Å². The molecule has 0 aliphatic heterocycles. The lowest BCUT2D eigenvalue weighted by atomic mass is 9.72. The Morgan fingerprint density at radius 3 is 2.29 bits per heavy atom. The smallest absolute Gasteiger partial charge is 0.407 e. The zero-order valence-electron chi connectivity index (χ0n) is 12.0. The lowest BCUT2D eigenvalue weighted by molar-refractivity contribution is -0.742. The third-order valence-electron chi connectivity index (χ3n) is 3.32. The Morgan fingerprint density at radius 2 is 1.86 bits per heavy atom. The molecule has 1 saturated carbocycles. The highest BCUT2D eigenvalue weighted by atomic mass is 16.9. The fourth-order valence-electron chi connectivity index (χ4n) is 2.48. The topological polar surface area (TPSA) is 139 Å². The Bertz CT molecular complexity index is 350. The molecule has 0 heterocycles. The molecule has 1 amide bonds. The number of carbonyl (C=O) groups excluding carboxylic acids is 1. The predicted molar refractivity (Wildman–Crippen MR) is 71.6 cm³/mol. The summed E-state index contributed by atoms with van der Waals surface area (Å²) in [4.78, 5) is 30.5. The summed E-state index contributed by atoms with van der Waals surface area (Å²) in [6, 6.07) is 0. The molecule has 0 aromatic carbocycles. The predicted octanol–water partition coefficient (Wildman–Crippen LogP) is 1.81. The van der Waals surface area contributed by atoms with Crippen LogP contribution in [0.3, 0.4) is 0 Å². The zero-order valence-corrected chi connectivity index (χ0v) is 12.0. The van der Waals surface area contributed by atoms with E-state index in [1.165, 1.54) is 0 Å². The first-order chi connectivity index (χ1) is 9.81. The molecule has 0 unspecified atom stereocenters. The molecule has 0 spiro atoms. The number of amides is 1. The van der Waals surface area contributed by atoms with Crippen LogP contribution in [0.4, 0.5) is 4.79 Å². The van der Waals surface area contributed by atoms with Crippen molar-refractivity contribution in [3.8, 4) is 0 Å². The lowest BCUT2D eigenvalue weighted by Crippen LogP contribution is -2.40. The van der Waals surface area contributed by atoms with Gasteiger partial charge in [0.15, 0.2) is 0 Å². The number of hydrogen-bond acceptors (Lipinski definition) is 5. The van der Waals surface area contributed by atoms with Crippen LogP contribution in [0.15, 0.2) is 0 Å². The maximum Gasteiger partial charge on any atom is 0.407 e. The van der Waals surface area contributed by atoms with E-state index >= 15 is 0 Å². The van der Waals surface area contributed by atoms with Gasteiger partial charge in [0.05, 0.1) is 13.0 Å². The van der Waals surface area contributed by atoms with Gasteiger partial charge in [-0.3, -0.25) is 4.79 Å². The Kier molecular flexibility index (Phi) is 8.82. The van der Waals surface area contributed by atoms with Crippen molar-refractivity contribution in [1.82, 2.24) is 5.32 Å². The van der Waals surface area contributed by atoms with Gasteiger partial charge >= 0.3 is 12.1 Å². The number of hydrogen-bond donors (Lipinski definition) is 3. The minimum absolute atomic E-state index is 0.124. The van der Waals surface area contributed by atoms with Crippen molar-refractivity contribution in [3.63, 3.8) is 0 Å². The second-order valence-electron chi connectivity index (χ2n) is 4.94. The van der Waals surface area contributed by atoms with Crippen molar-refractivity contribution in [2.24, 2.45) is 5.41 Å². The summed E-state index contributed by atoms with van der Waals surface area (Å²) >= 11 is 0. The highest BCUT2D eigenvalue weighted by molar-refractivity contribution is 5.69. The maximum absolute atomic E-state index is 11.2. The summed E-state index contributed by atoms with van der Waals surface area (Å²) in [6.45, 7) is 2.48. The van der Waals surface area contributed by atoms with E-state index in [4.69, 9.17) is 25.2 Å². The molecule has 21 heavy (non-hydrogen) atoms. The molecule has 0 bridgehead atoms. The van der Waals surface area contributed by atoms with Crippen LogP contribution in [0, 0.1) is 15.5 Å². The summed E-state index contributed by atoms with van der Waals surface area (Å²) in [5.41, 5.74) is -0.281. The second-order valence-corrected chi connectivity index (χ2v) is 4.94. The molecule has 122 valence electrons. The average molecular weight is 306 g/mol. The van der Waals surface area contributed by atoms with Gasteiger partial charge < -0.3 is 20.4 Å². The third kappa shape index (κ3) is 9.47. The van der Waals surface area contributed by atoms with Gasteiger partial charge in [-0.25, -0.2) is 4.79 Å². The van der Waals surface area contributed by atoms with Crippen LogP contribution >= 0.6 is 0 Å². The van der Waals surface area contributed by atoms with E-state index < -0.39 is 17.1 Å². The number of nitrogens with zero attached hydrogens (tertiary/aromatic N) is 1. The number of carbonyl (C=O) groups is 2. The Hall–Kier alpha value is -2.06. The van der Waals surface area contributed by atoms with Crippen molar-refractivity contribution in [1.29, 1.82) is 0 Å². The summed E-state index contributed by atoms with van der Waals surface area (Å²) < 4.78 is 4.79. The molecule has 0 aromatic heterocycles. The third-order valence-corrected chi connectivity index (χ3v) is 3.32. The van der Waals surface area contributed by atoms with Crippen molar-refractivity contribution >= 4 is 12.1 Å². The van der Waals surface area contributed by atoms with Crippen molar-refractivity contribution in [2.45, 2.75) is 45.4 Å². The molecular weight excluding hydrogens is 284 g/mol. The number of aliphatic carboxylic acids is 1. The van der Waals surface area contributed by atoms with Crippen LogP contribution in [0.5, 0.6) is 0 Å². The molecule has 9 heteroatoms. The minimum atomic E-state index is -1.50. The number of alkyl carbamates (subject to hydrolysis) is 1. The molecule has 3 N–H and O–H groups in total. The summed E-state index contributed by atoms with van der Waals surface area (Å²) in [6.07, 6.45) is 4.63. The summed E-state index contributed by atoms with van der Waals surface area (Å²) in [7, 11) is 0. The van der Waals surface area contributed by atoms with E-state index in [-0.39, 0.29) is 11.8 Å². The molecule has 1 fully saturated rings. The second kappa shape index (κ2) is 9.78. The highest BCUT2D eigenvalue weighted by Gasteiger charge is 2.34. The van der Waals surface area contributed by atoms with Gasteiger partial charge in [0.1, 0.15) is 0 Å². The van der Waals surface area contributed by atoms with E-state index in [0.717, 1.165) is 32.1 Å². The van der Waals surface area contributed by atoms with E-state index in [1.54, 1.807) is 6.92 Å². The average Bonchev–Trinajstić information content (AvgIpc) is 2.36. The fourth-order valence-corrected chi connectivity index (χ4v) is 2.48. The van der Waals surface area contributed by atoms with Gasteiger partial charge in [-0.05, 0) is 25.2 Å². The number of rotatable bonds is 5. The first-order valence-electron chi connectivity index (χ1n) is 6.77. The minimum Gasteiger partial charge on any atom is -0.481 e. The number of ether oxygens (including phenoxy) is 1. The van der Waals surface area contributed by atoms with Gasteiger partial charge in [-0.2, -0.15) is 0 Å². The molecule has 0 radical (unpaired) electrons. The van der Waals surface area contributed by atoms with Crippen LogP contribution < -0.4 is 5.32 Å². The standard InChI is InChI=1S/C12H21NO4.HNO3/c1-2-17-11(16)13-9-12(8-10(14)15)6-4-3-5-7-12;2-1(3)4/h2-9H2,1H3,(H,13,16)(H,14,15);(H,2,3,4). The van der Waals surface area contributed by atoms with E-state index in [9.17, 15) is 9.59 Å². The Balaban J connectivity index is 0.000000885. The molecule has 0 atom stereocenters. The van der Waals surface area contributed by atoms with Gasteiger partial charge in [0.25, 0.3) is 5.09 Å². The largest absolute Gasteiger partial charge is 0.481 e. The Morgan fingerprint density at radius 1 is 1.33 bits per heavy atom. The monoisotopic (exact) mass is 306 g/mol. The number of nitrogens with one attached hydrogen (secondary N) is 1. The van der Waals surface area contributed by atoms with Crippen LogP contribution in [0.25, 0.3) is 0 Å². The van der Waals surface area contributed by atoms with Gasteiger partial charge in [0, 0.05) is 6.54 Å². The van der Waals surface area contributed by atoms with Crippen LogP contribution in [-0.4, -0.2) is 40.6 Å². The van der Waals surface area contributed by atoms with E-state index in [1.807, 2.05) is 0 Å².